The van der Waals surface area contributed by atoms with Crippen molar-refractivity contribution >= 4 is 27.1 Å². The largest absolute Gasteiger partial charge is 0.355 e. The summed E-state index contributed by atoms with van der Waals surface area (Å²) in [6.07, 6.45) is 0.446. The summed E-state index contributed by atoms with van der Waals surface area (Å²) in [7, 11) is -3.12. The van der Waals surface area contributed by atoms with Crippen molar-refractivity contribution in [3.05, 3.63) is 63.5 Å². The summed E-state index contributed by atoms with van der Waals surface area (Å²) in [5.74, 6) is 0.316. The van der Waals surface area contributed by atoms with Crippen molar-refractivity contribution in [3.8, 4) is 11.3 Å². The van der Waals surface area contributed by atoms with E-state index in [1.165, 1.54) is 5.56 Å². The normalized spacial score (nSPS) is 18.1. The molecule has 2 aromatic heterocycles. The SMILES string of the molecule is Cc1ccc(-c2cc(C(=O)N(Cc3cccs3)[C@H]3CCS(=O)(=O)C3)no2)cc1C. The molecule has 0 aliphatic carbocycles. The lowest BCUT2D eigenvalue weighted by atomic mass is 10.0. The minimum absolute atomic E-state index is 0.00796. The van der Waals surface area contributed by atoms with Crippen LogP contribution in [0.1, 0.15) is 32.9 Å². The van der Waals surface area contributed by atoms with Gasteiger partial charge in [-0.15, -0.1) is 11.3 Å². The number of rotatable bonds is 5. The van der Waals surface area contributed by atoms with Gasteiger partial charge >= 0.3 is 0 Å². The van der Waals surface area contributed by atoms with Gasteiger partial charge in [0.25, 0.3) is 5.91 Å². The lowest BCUT2D eigenvalue weighted by Crippen LogP contribution is -2.40. The van der Waals surface area contributed by atoms with Crippen LogP contribution in [0.5, 0.6) is 0 Å². The number of aryl methyl sites for hydroxylation is 2. The molecule has 152 valence electrons. The number of hydrogen-bond acceptors (Lipinski definition) is 6. The molecule has 6 nitrogen and oxygen atoms in total. The number of thiophene rings is 1. The van der Waals surface area contributed by atoms with E-state index in [1.54, 1.807) is 22.3 Å². The van der Waals surface area contributed by atoms with Crippen molar-refractivity contribution in [2.75, 3.05) is 11.5 Å². The quantitative estimate of drug-likeness (QED) is 0.614. The topological polar surface area (TPSA) is 80.5 Å². The van der Waals surface area contributed by atoms with Crippen LogP contribution in [0.25, 0.3) is 11.3 Å². The fraction of sp³-hybridized carbons (Fsp3) is 0.333. The molecule has 0 saturated carbocycles. The summed E-state index contributed by atoms with van der Waals surface area (Å²) in [5, 5.41) is 5.93. The van der Waals surface area contributed by atoms with Crippen LogP contribution in [-0.4, -0.2) is 41.9 Å². The number of aromatic nitrogens is 1. The zero-order valence-corrected chi connectivity index (χ0v) is 17.9. The van der Waals surface area contributed by atoms with E-state index in [0.29, 0.717) is 18.7 Å². The van der Waals surface area contributed by atoms with Crippen molar-refractivity contribution in [1.82, 2.24) is 10.1 Å². The lowest BCUT2D eigenvalue weighted by molar-refractivity contribution is 0.0672. The maximum absolute atomic E-state index is 13.2. The van der Waals surface area contributed by atoms with Gasteiger partial charge in [-0.3, -0.25) is 4.79 Å². The van der Waals surface area contributed by atoms with Crippen molar-refractivity contribution in [2.45, 2.75) is 32.9 Å². The molecule has 1 fully saturated rings. The average Bonchev–Trinajstić information content (AvgIpc) is 3.42. The molecule has 8 heteroatoms. The van der Waals surface area contributed by atoms with Gasteiger partial charge in [-0.05, 0) is 48.9 Å². The fourth-order valence-corrected chi connectivity index (χ4v) is 5.95. The van der Waals surface area contributed by atoms with Crippen LogP contribution < -0.4 is 0 Å². The van der Waals surface area contributed by atoms with Gasteiger partial charge in [-0.2, -0.15) is 0 Å². The molecule has 3 heterocycles. The number of nitrogens with zero attached hydrogens (tertiary/aromatic N) is 2. The van der Waals surface area contributed by atoms with Crippen molar-refractivity contribution in [1.29, 1.82) is 0 Å². The molecule has 1 atom stereocenters. The van der Waals surface area contributed by atoms with Gasteiger partial charge in [-0.1, -0.05) is 23.4 Å². The lowest BCUT2D eigenvalue weighted by Gasteiger charge is -2.26. The molecule has 1 aliphatic heterocycles. The molecule has 0 unspecified atom stereocenters. The zero-order chi connectivity index (χ0) is 20.6. The number of carbonyl (C=O) groups is 1. The van der Waals surface area contributed by atoms with E-state index in [1.807, 2.05) is 49.6 Å². The number of hydrogen-bond donors (Lipinski definition) is 0. The van der Waals surface area contributed by atoms with Crippen LogP contribution >= 0.6 is 11.3 Å². The second kappa shape index (κ2) is 7.76. The Labute approximate surface area is 174 Å². The Kier molecular flexibility index (Phi) is 5.31. The minimum atomic E-state index is -3.12. The standard InChI is InChI=1S/C21H22N2O4S2/c1-14-5-6-16(10-15(14)2)20-11-19(22-27-20)21(24)23(12-18-4-3-8-28-18)17-7-9-29(25,26)13-17/h3-6,8,10-11,17H,7,9,12-13H2,1-2H3/t17-/m0/s1. The monoisotopic (exact) mass is 430 g/mol. The molecule has 0 N–H and O–H groups in total. The number of benzene rings is 1. The van der Waals surface area contributed by atoms with Gasteiger partial charge < -0.3 is 9.42 Å². The van der Waals surface area contributed by atoms with E-state index >= 15 is 0 Å². The molecule has 0 radical (unpaired) electrons. The van der Waals surface area contributed by atoms with Crippen LogP contribution in [0.15, 0.2) is 46.3 Å². The van der Waals surface area contributed by atoms with Gasteiger partial charge in [0.15, 0.2) is 21.3 Å². The fourth-order valence-electron chi connectivity index (χ4n) is 3.51. The van der Waals surface area contributed by atoms with Crippen LogP contribution in [-0.2, 0) is 16.4 Å². The van der Waals surface area contributed by atoms with Gasteiger partial charge in [0, 0.05) is 22.5 Å². The molecule has 3 aromatic rings. The summed E-state index contributed by atoms with van der Waals surface area (Å²) < 4.78 is 29.4. The van der Waals surface area contributed by atoms with Crippen molar-refractivity contribution < 1.29 is 17.7 Å². The highest BCUT2D eigenvalue weighted by molar-refractivity contribution is 7.91. The third-order valence-corrected chi connectivity index (χ3v) is 7.95. The molecular formula is C21H22N2O4S2. The molecule has 0 spiro atoms. The van der Waals surface area contributed by atoms with Crippen LogP contribution in [0, 0.1) is 13.8 Å². The van der Waals surface area contributed by atoms with E-state index in [-0.39, 0.29) is 29.1 Å². The predicted octanol–water partition coefficient (Wildman–Crippen LogP) is 3.85. The molecule has 4 rings (SSSR count). The third-order valence-electron chi connectivity index (χ3n) is 5.34. The van der Waals surface area contributed by atoms with Crippen LogP contribution in [0.3, 0.4) is 0 Å². The summed E-state index contributed by atoms with van der Waals surface area (Å²) in [5.41, 5.74) is 3.35. The molecule has 1 aromatic carbocycles. The molecule has 1 aliphatic rings. The molecule has 29 heavy (non-hydrogen) atoms. The Hall–Kier alpha value is -2.45. The molecule has 1 saturated heterocycles. The van der Waals surface area contributed by atoms with Crippen LogP contribution in [0.4, 0.5) is 0 Å². The third kappa shape index (κ3) is 4.28. The Morgan fingerprint density at radius 1 is 1.24 bits per heavy atom. The Morgan fingerprint density at radius 3 is 2.72 bits per heavy atom. The minimum Gasteiger partial charge on any atom is -0.355 e. The smallest absolute Gasteiger partial charge is 0.276 e. The second-order valence-corrected chi connectivity index (χ2v) is 10.7. The first-order valence-corrected chi connectivity index (χ1v) is 12.1. The first kappa shape index (κ1) is 19.8. The van der Waals surface area contributed by atoms with E-state index in [2.05, 4.69) is 5.16 Å². The predicted molar refractivity (Wildman–Crippen MR) is 113 cm³/mol. The Morgan fingerprint density at radius 2 is 2.07 bits per heavy atom. The highest BCUT2D eigenvalue weighted by Gasteiger charge is 2.36. The number of carbonyl (C=O) groups excluding carboxylic acids is 1. The Balaban J connectivity index is 1.62. The molecule has 1 amide bonds. The Bertz CT molecular complexity index is 1130. The summed E-state index contributed by atoms with van der Waals surface area (Å²) in [4.78, 5) is 15.9. The van der Waals surface area contributed by atoms with E-state index in [4.69, 9.17) is 4.52 Å². The van der Waals surface area contributed by atoms with E-state index in [0.717, 1.165) is 16.0 Å². The van der Waals surface area contributed by atoms with Crippen molar-refractivity contribution in [2.24, 2.45) is 0 Å². The average molecular weight is 431 g/mol. The summed E-state index contributed by atoms with van der Waals surface area (Å²) in [6, 6.07) is 11.1. The van der Waals surface area contributed by atoms with Crippen LogP contribution in [0.2, 0.25) is 0 Å². The maximum Gasteiger partial charge on any atom is 0.276 e. The van der Waals surface area contributed by atoms with Gasteiger partial charge in [0.05, 0.1) is 18.1 Å². The second-order valence-electron chi connectivity index (χ2n) is 7.44. The van der Waals surface area contributed by atoms with Crippen molar-refractivity contribution in [3.63, 3.8) is 0 Å². The van der Waals surface area contributed by atoms with E-state index in [9.17, 15) is 13.2 Å². The van der Waals surface area contributed by atoms with E-state index < -0.39 is 9.84 Å². The first-order valence-electron chi connectivity index (χ1n) is 9.40. The van der Waals surface area contributed by atoms with Gasteiger partial charge in [-0.25, -0.2) is 8.42 Å². The summed E-state index contributed by atoms with van der Waals surface area (Å²) in [6.45, 7) is 4.42. The molecular weight excluding hydrogens is 408 g/mol. The molecule has 0 bridgehead atoms. The van der Waals surface area contributed by atoms with Gasteiger partial charge in [0.1, 0.15) is 0 Å². The number of amides is 1. The number of sulfone groups is 1. The first-order chi connectivity index (χ1) is 13.8. The maximum atomic E-state index is 13.2. The zero-order valence-electron chi connectivity index (χ0n) is 16.3. The highest BCUT2D eigenvalue weighted by Crippen LogP contribution is 2.26. The highest BCUT2D eigenvalue weighted by atomic mass is 32.2. The van der Waals surface area contributed by atoms with Gasteiger partial charge in [0.2, 0.25) is 0 Å². The summed E-state index contributed by atoms with van der Waals surface area (Å²) >= 11 is 1.54.